The molecule has 0 saturated carbocycles. The number of hydrogen-bond acceptors (Lipinski definition) is 4. The molecule has 5 nitrogen and oxygen atoms in total. The molecular weight excluding hydrogens is 429 g/mol. The van der Waals surface area contributed by atoms with E-state index in [4.69, 9.17) is 4.74 Å². The van der Waals surface area contributed by atoms with E-state index in [0.717, 1.165) is 5.56 Å². The highest BCUT2D eigenvalue weighted by Gasteiger charge is 2.53. The molecule has 1 spiro atoms. The van der Waals surface area contributed by atoms with Gasteiger partial charge in [0, 0.05) is 28.6 Å². The number of carbonyl (C=O) groups excluding carboxylic acids is 2. The van der Waals surface area contributed by atoms with Crippen LogP contribution in [0, 0.1) is 5.82 Å². The molecule has 1 saturated heterocycles. The van der Waals surface area contributed by atoms with E-state index >= 15 is 0 Å². The lowest BCUT2D eigenvalue weighted by molar-refractivity contribution is -0.153. The number of nitrogens with zero attached hydrogens (tertiary/aromatic N) is 1. The standard InChI is InChI=1S/C21H19BrFNO4/c1-2-21(27,16-8-7-13(22)11-17(16)23)19(26)24-10-9-20(12-24)15-6-4-3-5-14(15)18(25)28-20/h3-8,11,27H,2,9-10,12H2,1H3/t20-,21?/m0/s1. The van der Waals surface area contributed by atoms with Crippen molar-refractivity contribution in [1.82, 2.24) is 4.90 Å². The Morgan fingerprint density at radius 2 is 2.11 bits per heavy atom. The van der Waals surface area contributed by atoms with Crippen molar-refractivity contribution in [1.29, 1.82) is 0 Å². The van der Waals surface area contributed by atoms with Crippen molar-refractivity contribution in [2.24, 2.45) is 0 Å². The van der Waals surface area contributed by atoms with E-state index in [1.165, 1.54) is 17.0 Å². The van der Waals surface area contributed by atoms with Crippen molar-refractivity contribution in [2.75, 3.05) is 13.1 Å². The molecule has 146 valence electrons. The average molecular weight is 448 g/mol. The van der Waals surface area contributed by atoms with Crippen molar-refractivity contribution in [3.8, 4) is 0 Å². The molecule has 0 bridgehead atoms. The summed E-state index contributed by atoms with van der Waals surface area (Å²) >= 11 is 3.18. The molecular formula is C21H19BrFNO4. The summed E-state index contributed by atoms with van der Waals surface area (Å²) in [6.07, 6.45) is 0.453. The fourth-order valence-electron chi connectivity index (χ4n) is 4.15. The number of hydrogen-bond donors (Lipinski definition) is 1. The molecule has 0 aromatic heterocycles. The van der Waals surface area contributed by atoms with Crippen LogP contribution in [0.25, 0.3) is 0 Å². The smallest absolute Gasteiger partial charge is 0.339 e. The van der Waals surface area contributed by atoms with Gasteiger partial charge < -0.3 is 14.7 Å². The third kappa shape index (κ3) is 2.76. The van der Waals surface area contributed by atoms with Gasteiger partial charge in [0.1, 0.15) is 5.82 Å². The van der Waals surface area contributed by atoms with Crippen LogP contribution in [0.5, 0.6) is 0 Å². The summed E-state index contributed by atoms with van der Waals surface area (Å²) in [5.74, 6) is -1.65. The summed E-state index contributed by atoms with van der Waals surface area (Å²) in [5, 5.41) is 11.1. The Balaban J connectivity index is 1.65. The predicted octanol–water partition coefficient (Wildman–Crippen LogP) is 3.48. The number of ether oxygens (including phenoxy) is 1. The van der Waals surface area contributed by atoms with Crippen LogP contribution in [0.4, 0.5) is 4.39 Å². The number of amides is 1. The van der Waals surface area contributed by atoms with Crippen LogP contribution >= 0.6 is 15.9 Å². The van der Waals surface area contributed by atoms with Gasteiger partial charge in [-0.15, -0.1) is 0 Å². The summed E-state index contributed by atoms with van der Waals surface area (Å²) in [7, 11) is 0. The lowest BCUT2D eigenvalue weighted by atomic mass is 9.88. The zero-order valence-corrected chi connectivity index (χ0v) is 16.8. The molecule has 2 heterocycles. The summed E-state index contributed by atoms with van der Waals surface area (Å²) in [6, 6.07) is 11.4. The minimum atomic E-state index is -1.99. The molecule has 2 aromatic carbocycles. The number of carbonyl (C=O) groups is 2. The van der Waals surface area contributed by atoms with E-state index < -0.39 is 28.9 Å². The molecule has 2 aliphatic rings. The second-order valence-corrected chi connectivity index (χ2v) is 8.16. The molecule has 1 unspecified atom stereocenters. The topological polar surface area (TPSA) is 66.8 Å². The third-order valence-corrected chi connectivity index (χ3v) is 6.18. The van der Waals surface area contributed by atoms with E-state index in [2.05, 4.69) is 15.9 Å². The maximum Gasteiger partial charge on any atom is 0.339 e. The number of likely N-dealkylation sites (tertiary alicyclic amines) is 1. The fourth-order valence-corrected chi connectivity index (χ4v) is 4.48. The Labute approximate surface area is 170 Å². The Kier molecular flexibility index (Phi) is 4.55. The molecule has 1 amide bonds. The zero-order valence-electron chi connectivity index (χ0n) is 15.2. The highest BCUT2D eigenvalue weighted by molar-refractivity contribution is 9.10. The first-order valence-corrected chi connectivity index (χ1v) is 9.90. The predicted molar refractivity (Wildman–Crippen MR) is 103 cm³/mol. The van der Waals surface area contributed by atoms with Crippen LogP contribution < -0.4 is 0 Å². The van der Waals surface area contributed by atoms with Gasteiger partial charge in [0.15, 0.2) is 11.2 Å². The van der Waals surface area contributed by atoms with Gasteiger partial charge >= 0.3 is 5.97 Å². The first-order valence-electron chi connectivity index (χ1n) is 9.11. The number of esters is 1. The van der Waals surface area contributed by atoms with Gasteiger partial charge in [-0.25, -0.2) is 9.18 Å². The van der Waals surface area contributed by atoms with E-state index in [-0.39, 0.29) is 18.5 Å². The number of benzene rings is 2. The van der Waals surface area contributed by atoms with Crippen molar-refractivity contribution < 1.29 is 23.8 Å². The van der Waals surface area contributed by atoms with Crippen molar-refractivity contribution >= 4 is 27.8 Å². The van der Waals surface area contributed by atoms with Crippen molar-refractivity contribution in [3.63, 3.8) is 0 Å². The van der Waals surface area contributed by atoms with Gasteiger partial charge in [-0.2, -0.15) is 0 Å². The van der Waals surface area contributed by atoms with Crippen LogP contribution in [0.15, 0.2) is 46.9 Å². The van der Waals surface area contributed by atoms with Crippen LogP contribution in [-0.4, -0.2) is 35.0 Å². The third-order valence-electron chi connectivity index (χ3n) is 5.69. The average Bonchev–Trinajstić information content (AvgIpc) is 3.23. The van der Waals surface area contributed by atoms with Crippen LogP contribution in [0.2, 0.25) is 0 Å². The Morgan fingerprint density at radius 1 is 1.36 bits per heavy atom. The highest BCUT2D eigenvalue weighted by Crippen LogP contribution is 2.44. The van der Waals surface area contributed by atoms with Crippen LogP contribution in [0.1, 0.15) is 41.3 Å². The summed E-state index contributed by atoms with van der Waals surface area (Å²) in [4.78, 5) is 26.9. The normalized spacial score (nSPS) is 22.9. The molecule has 0 radical (unpaired) electrons. The van der Waals surface area contributed by atoms with E-state index in [0.29, 0.717) is 23.0 Å². The molecule has 4 rings (SSSR count). The molecule has 1 N–H and O–H groups in total. The fraction of sp³-hybridized carbons (Fsp3) is 0.333. The van der Waals surface area contributed by atoms with Crippen molar-refractivity contribution in [3.05, 3.63) is 69.4 Å². The summed E-state index contributed by atoms with van der Waals surface area (Å²) < 4.78 is 20.7. The Morgan fingerprint density at radius 3 is 2.82 bits per heavy atom. The second-order valence-electron chi connectivity index (χ2n) is 7.24. The maximum absolute atomic E-state index is 14.5. The second kappa shape index (κ2) is 6.67. The highest BCUT2D eigenvalue weighted by atomic mass is 79.9. The first-order chi connectivity index (χ1) is 13.3. The lowest BCUT2D eigenvalue weighted by Gasteiger charge is -2.32. The number of rotatable bonds is 3. The van der Waals surface area contributed by atoms with E-state index in [1.54, 1.807) is 25.1 Å². The van der Waals surface area contributed by atoms with Crippen LogP contribution in [-0.2, 0) is 20.7 Å². The minimum Gasteiger partial charge on any atom is -0.449 e. The molecule has 0 aliphatic carbocycles. The minimum absolute atomic E-state index is 0.0181. The molecule has 7 heteroatoms. The summed E-state index contributed by atoms with van der Waals surface area (Å²) in [5.41, 5.74) is -1.70. The van der Waals surface area contributed by atoms with E-state index in [9.17, 15) is 19.1 Å². The Bertz CT molecular complexity index is 981. The molecule has 2 atom stereocenters. The first kappa shape index (κ1) is 19.1. The number of fused-ring (bicyclic) bond motifs is 2. The zero-order chi connectivity index (χ0) is 20.1. The van der Waals surface area contributed by atoms with Gasteiger partial charge in [0.25, 0.3) is 5.91 Å². The monoisotopic (exact) mass is 447 g/mol. The largest absolute Gasteiger partial charge is 0.449 e. The molecule has 28 heavy (non-hydrogen) atoms. The van der Waals surface area contributed by atoms with Gasteiger partial charge in [0.05, 0.1) is 12.1 Å². The molecule has 1 fully saturated rings. The SMILES string of the molecule is CCC(O)(C(=O)N1CC[C@@]2(C1)OC(=O)c1ccccc12)c1ccc(Br)cc1F. The van der Waals surface area contributed by atoms with E-state index in [1.807, 2.05) is 12.1 Å². The van der Waals surface area contributed by atoms with Gasteiger partial charge in [-0.1, -0.05) is 47.1 Å². The van der Waals surface area contributed by atoms with Gasteiger partial charge in [-0.3, -0.25) is 4.79 Å². The molecule has 2 aromatic rings. The van der Waals surface area contributed by atoms with Gasteiger partial charge in [-0.05, 0) is 24.6 Å². The summed E-state index contributed by atoms with van der Waals surface area (Å²) in [6.45, 7) is 2.08. The number of halogens is 2. The Hall–Kier alpha value is -2.25. The van der Waals surface area contributed by atoms with Crippen molar-refractivity contribution in [2.45, 2.75) is 31.0 Å². The van der Waals surface area contributed by atoms with Gasteiger partial charge in [0.2, 0.25) is 0 Å². The molecule has 2 aliphatic heterocycles. The maximum atomic E-state index is 14.5. The number of aliphatic hydroxyl groups is 1. The van der Waals surface area contributed by atoms with Crippen LogP contribution in [0.3, 0.4) is 0 Å². The quantitative estimate of drug-likeness (QED) is 0.731. The lowest BCUT2D eigenvalue weighted by Crippen LogP contribution is -2.47.